The molecule has 1 aliphatic rings. The first-order valence-corrected chi connectivity index (χ1v) is 9.95. The number of ether oxygens (including phenoxy) is 2. The molecule has 1 heterocycles. The van der Waals surface area contributed by atoms with Crippen molar-refractivity contribution in [1.29, 1.82) is 0 Å². The maximum absolute atomic E-state index is 12.1. The molecule has 0 aliphatic carbocycles. The Morgan fingerprint density at radius 1 is 1.25 bits per heavy atom. The highest BCUT2D eigenvalue weighted by molar-refractivity contribution is 7.88. The van der Waals surface area contributed by atoms with Crippen LogP contribution in [0.15, 0.2) is 24.3 Å². The van der Waals surface area contributed by atoms with E-state index in [0.717, 1.165) is 22.7 Å². The number of esters is 1. The van der Waals surface area contributed by atoms with Gasteiger partial charge in [0.25, 0.3) is 11.8 Å². The smallest absolute Gasteiger partial charge is 0.387 e. The van der Waals surface area contributed by atoms with E-state index >= 15 is 0 Å². The van der Waals surface area contributed by atoms with Gasteiger partial charge < -0.3 is 9.47 Å². The molecule has 1 N–H and O–H groups in total. The van der Waals surface area contributed by atoms with Gasteiger partial charge in [0, 0.05) is 12.1 Å². The van der Waals surface area contributed by atoms with Crippen molar-refractivity contribution in [2.45, 2.75) is 25.5 Å². The molecule has 1 aliphatic heterocycles. The zero-order valence-electron chi connectivity index (χ0n) is 14.8. The zero-order valence-corrected chi connectivity index (χ0v) is 15.6. The number of rotatable bonds is 7. The monoisotopic (exact) mass is 420 g/mol. The highest BCUT2D eigenvalue weighted by atomic mass is 32.2. The van der Waals surface area contributed by atoms with Gasteiger partial charge in [0.1, 0.15) is 11.8 Å². The summed E-state index contributed by atoms with van der Waals surface area (Å²) in [4.78, 5) is 35.7. The Morgan fingerprint density at radius 3 is 2.46 bits per heavy atom. The van der Waals surface area contributed by atoms with E-state index < -0.39 is 47.1 Å². The number of nitrogens with zero attached hydrogens (tertiary/aromatic N) is 1. The number of halogens is 2. The van der Waals surface area contributed by atoms with E-state index in [-0.39, 0.29) is 24.3 Å². The van der Waals surface area contributed by atoms with Crippen LogP contribution in [0.4, 0.5) is 8.78 Å². The third-order valence-corrected chi connectivity index (χ3v) is 5.13. The fourth-order valence-electron chi connectivity index (χ4n) is 2.63. The van der Waals surface area contributed by atoms with Gasteiger partial charge in [-0.3, -0.25) is 19.7 Å². The SMILES string of the molecule is CS(=O)(=O)N1CCCC1C(=O)OCC(=O)NC(=O)c1ccc(OC(F)F)cc1. The Hall–Kier alpha value is -2.60. The molecule has 154 valence electrons. The van der Waals surface area contributed by atoms with Gasteiger partial charge in [-0.05, 0) is 37.1 Å². The lowest BCUT2D eigenvalue weighted by molar-refractivity contribution is -0.151. The first-order valence-electron chi connectivity index (χ1n) is 8.10. The van der Waals surface area contributed by atoms with Crippen molar-refractivity contribution in [2.24, 2.45) is 0 Å². The standard InChI is InChI=1S/C16H18F2N2O7S/c1-28(24,25)20-8-2-3-12(20)15(23)26-9-13(21)19-14(22)10-4-6-11(7-5-10)27-16(17)18/h4-7,12,16H,2-3,8-9H2,1H3,(H,19,21,22). The van der Waals surface area contributed by atoms with Crippen LogP contribution >= 0.6 is 0 Å². The summed E-state index contributed by atoms with van der Waals surface area (Å²) >= 11 is 0. The van der Waals surface area contributed by atoms with Crippen LogP contribution in [0.5, 0.6) is 5.75 Å². The van der Waals surface area contributed by atoms with Crippen LogP contribution in [0.25, 0.3) is 0 Å². The molecule has 0 spiro atoms. The molecule has 1 saturated heterocycles. The van der Waals surface area contributed by atoms with E-state index in [1.165, 1.54) is 12.1 Å². The van der Waals surface area contributed by atoms with Crippen molar-refractivity contribution in [3.63, 3.8) is 0 Å². The summed E-state index contributed by atoms with van der Waals surface area (Å²) in [6, 6.07) is 3.61. The summed E-state index contributed by atoms with van der Waals surface area (Å²) in [6.45, 7) is -3.59. The Balaban J connectivity index is 1.85. The molecule has 12 heteroatoms. The topological polar surface area (TPSA) is 119 Å². The highest BCUT2D eigenvalue weighted by Gasteiger charge is 2.37. The molecule has 1 aromatic carbocycles. The number of hydrogen-bond donors (Lipinski definition) is 1. The van der Waals surface area contributed by atoms with E-state index in [0.29, 0.717) is 6.42 Å². The second-order valence-corrected chi connectivity index (χ2v) is 7.85. The van der Waals surface area contributed by atoms with Crippen LogP contribution in [0, 0.1) is 0 Å². The lowest BCUT2D eigenvalue weighted by atomic mass is 10.2. The minimum Gasteiger partial charge on any atom is -0.454 e. The molecule has 0 saturated carbocycles. The minimum absolute atomic E-state index is 0.000312. The quantitative estimate of drug-likeness (QED) is 0.639. The highest BCUT2D eigenvalue weighted by Crippen LogP contribution is 2.21. The van der Waals surface area contributed by atoms with E-state index in [9.17, 15) is 31.6 Å². The Labute approximate surface area is 159 Å². The second kappa shape index (κ2) is 9.06. The van der Waals surface area contributed by atoms with Crippen molar-refractivity contribution in [3.05, 3.63) is 29.8 Å². The van der Waals surface area contributed by atoms with Gasteiger partial charge in [-0.25, -0.2) is 8.42 Å². The van der Waals surface area contributed by atoms with Gasteiger partial charge in [0.2, 0.25) is 10.0 Å². The summed E-state index contributed by atoms with van der Waals surface area (Å²) in [7, 11) is -3.58. The molecule has 2 rings (SSSR count). The molecule has 2 amide bonds. The Bertz CT molecular complexity index is 843. The summed E-state index contributed by atoms with van der Waals surface area (Å²) in [5.74, 6) is -2.78. The molecule has 0 radical (unpaired) electrons. The lowest BCUT2D eigenvalue weighted by Gasteiger charge is -2.20. The van der Waals surface area contributed by atoms with Gasteiger partial charge in [0.05, 0.1) is 6.26 Å². The third kappa shape index (κ3) is 5.96. The van der Waals surface area contributed by atoms with E-state index in [2.05, 4.69) is 4.74 Å². The number of amides is 2. The molecular formula is C16H18F2N2O7S. The molecule has 9 nitrogen and oxygen atoms in total. The van der Waals surface area contributed by atoms with Crippen molar-refractivity contribution < 1.29 is 41.1 Å². The van der Waals surface area contributed by atoms with Crippen LogP contribution in [0.3, 0.4) is 0 Å². The number of benzene rings is 1. The number of sulfonamides is 1. The fraction of sp³-hybridized carbons (Fsp3) is 0.438. The lowest BCUT2D eigenvalue weighted by Crippen LogP contribution is -2.42. The van der Waals surface area contributed by atoms with Crippen LogP contribution in [0.1, 0.15) is 23.2 Å². The van der Waals surface area contributed by atoms with Crippen molar-refractivity contribution in [2.75, 3.05) is 19.4 Å². The number of nitrogens with one attached hydrogen (secondary N) is 1. The number of imide groups is 1. The molecule has 0 aromatic heterocycles. The minimum atomic E-state index is -3.58. The van der Waals surface area contributed by atoms with E-state index in [1.807, 2.05) is 5.32 Å². The zero-order chi connectivity index (χ0) is 20.9. The first kappa shape index (κ1) is 21.7. The van der Waals surface area contributed by atoms with Crippen molar-refractivity contribution in [1.82, 2.24) is 9.62 Å². The Kier molecular flexibility index (Phi) is 7.02. The molecule has 1 atom stereocenters. The van der Waals surface area contributed by atoms with Gasteiger partial charge in [-0.1, -0.05) is 0 Å². The number of hydrogen-bond acceptors (Lipinski definition) is 7. The van der Waals surface area contributed by atoms with Gasteiger partial charge in [-0.15, -0.1) is 0 Å². The predicted molar refractivity (Wildman–Crippen MR) is 91.1 cm³/mol. The maximum Gasteiger partial charge on any atom is 0.387 e. The third-order valence-electron chi connectivity index (χ3n) is 3.84. The average Bonchev–Trinajstić information content (AvgIpc) is 3.10. The number of carbonyl (C=O) groups excluding carboxylic acids is 3. The predicted octanol–water partition coefficient (Wildman–Crippen LogP) is 0.512. The average molecular weight is 420 g/mol. The first-order chi connectivity index (χ1) is 13.1. The Morgan fingerprint density at radius 2 is 1.89 bits per heavy atom. The molecule has 1 fully saturated rings. The molecule has 28 heavy (non-hydrogen) atoms. The van der Waals surface area contributed by atoms with Gasteiger partial charge >= 0.3 is 12.6 Å². The van der Waals surface area contributed by atoms with Gasteiger partial charge in [-0.2, -0.15) is 13.1 Å². The summed E-state index contributed by atoms with van der Waals surface area (Å²) in [5.41, 5.74) is 0.000312. The largest absolute Gasteiger partial charge is 0.454 e. The second-order valence-electron chi connectivity index (χ2n) is 5.92. The van der Waals surface area contributed by atoms with Crippen LogP contribution < -0.4 is 10.1 Å². The summed E-state index contributed by atoms with van der Waals surface area (Å²) in [5, 5.41) is 1.97. The van der Waals surface area contributed by atoms with Crippen LogP contribution in [-0.2, 0) is 24.3 Å². The summed E-state index contributed by atoms with van der Waals surface area (Å²) < 4.78 is 57.3. The maximum atomic E-state index is 12.1. The van der Waals surface area contributed by atoms with Crippen LogP contribution in [0.2, 0.25) is 0 Å². The molecular weight excluding hydrogens is 402 g/mol. The van der Waals surface area contributed by atoms with Crippen LogP contribution in [-0.4, -0.2) is 62.6 Å². The van der Waals surface area contributed by atoms with E-state index in [1.54, 1.807) is 0 Å². The molecule has 1 unspecified atom stereocenters. The normalized spacial score (nSPS) is 17.4. The molecule has 0 bridgehead atoms. The van der Waals surface area contributed by atoms with Crippen molar-refractivity contribution >= 4 is 27.8 Å². The molecule has 1 aromatic rings. The van der Waals surface area contributed by atoms with Crippen molar-refractivity contribution in [3.8, 4) is 5.75 Å². The number of carbonyl (C=O) groups is 3. The summed E-state index contributed by atoms with van der Waals surface area (Å²) in [6.07, 6.45) is 1.74. The van der Waals surface area contributed by atoms with Gasteiger partial charge in [0.15, 0.2) is 6.61 Å². The van der Waals surface area contributed by atoms with E-state index in [4.69, 9.17) is 4.74 Å². The fourth-order valence-corrected chi connectivity index (χ4v) is 3.74. The number of alkyl halides is 2.